The highest BCUT2D eigenvalue weighted by atomic mass is 32.1. The van der Waals surface area contributed by atoms with E-state index in [1.54, 1.807) is 35.9 Å². The maximum absolute atomic E-state index is 13.5. The lowest BCUT2D eigenvalue weighted by Gasteiger charge is -2.13. The first-order chi connectivity index (χ1) is 15.6. The highest BCUT2D eigenvalue weighted by molar-refractivity contribution is 7.13. The van der Waals surface area contributed by atoms with Crippen molar-refractivity contribution in [3.63, 3.8) is 0 Å². The van der Waals surface area contributed by atoms with Gasteiger partial charge in [-0.15, -0.1) is 11.3 Å². The quantitative estimate of drug-likeness (QED) is 0.389. The fraction of sp³-hybridized carbons (Fsp3) is 0.160. The Hall–Kier alpha value is -3.58. The van der Waals surface area contributed by atoms with E-state index in [2.05, 4.69) is 27.1 Å². The fourth-order valence-electron chi connectivity index (χ4n) is 3.28. The number of nitrogens with one attached hydrogen (secondary N) is 2. The molecular weight excluding hydrogens is 423 g/mol. The molecule has 0 aliphatic heterocycles. The molecule has 0 bridgehead atoms. The van der Waals surface area contributed by atoms with Crippen LogP contribution in [0.4, 0.5) is 10.2 Å². The molecule has 0 aliphatic rings. The Morgan fingerprint density at radius 1 is 1.09 bits per heavy atom. The van der Waals surface area contributed by atoms with Gasteiger partial charge >= 0.3 is 0 Å². The van der Waals surface area contributed by atoms with Gasteiger partial charge in [0.15, 0.2) is 0 Å². The molecule has 4 aromatic rings. The summed E-state index contributed by atoms with van der Waals surface area (Å²) in [4.78, 5) is 22.8. The van der Waals surface area contributed by atoms with Crippen molar-refractivity contribution in [2.75, 3.05) is 11.9 Å². The number of amides is 1. The summed E-state index contributed by atoms with van der Waals surface area (Å²) in [7, 11) is 0. The molecule has 7 heteroatoms. The molecule has 1 amide bonds. The number of hydrogen-bond donors (Lipinski definition) is 2. The van der Waals surface area contributed by atoms with Crippen molar-refractivity contribution in [1.29, 1.82) is 0 Å². The third-order valence-electron chi connectivity index (χ3n) is 4.89. The Kier molecular flexibility index (Phi) is 6.87. The average molecular weight is 447 g/mol. The van der Waals surface area contributed by atoms with Crippen molar-refractivity contribution in [3.8, 4) is 10.6 Å². The zero-order chi connectivity index (χ0) is 22.3. The molecule has 162 valence electrons. The molecular formula is C25H23FN4OS. The largest absolute Gasteiger partial charge is 0.369 e. The van der Waals surface area contributed by atoms with Crippen molar-refractivity contribution in [1.82, 2.24) is 15.3 Å². The standard InChI is InChI=1S/C25H23FN4OS/c1-17-12-23(32-16-17)22-8-7-21(25(31)29-15-19-5-3-10-27-14-19)24(30-22)28-11-9-18-4-2-6-20(26)13-18/h2-8,10,12-14,16H,9,11,15H2,1H3,(H,28,30)(H,29,31). The number of halogens is 1. The summed E-state index contributed by atoms with van der Waals surface area (Å²) < 4.78 is 13.5. The van der Waals surface area contributed by atoms with E-state index in [-0.39, 0.29) is 11.7 Å². The van der Waals surface area contributed by atoms with E-state index in [9.17, 15) is 9.18 Å². The van der Waals surface area contributed by atoms with Crippen LogP contribution in [0.2, 0.25) is 0 Å². The Bertz CT molecular complexity index is 1210. The molecule has 2 N–H and O–H groups in total. The van der Waals surface area contributed by atoms with Gasteiger partial charge in [0.25, 0.3) is 5.91 Å². The number of carbonyl (C=O) groups excluding carboxylic acids is 1. The van der Waals surface area contributed by atoms with Crippen molar-refractivity contribution in [2.45, 2.75) is 19.9 Å². The van der Waals surface area contributed by atoms with Gasteiger partial charge in [0.1, 0.15) is 11.6 Å². The van der Waals surface area contributed by atoms with Gasteiger partial charge in [0.05, 0.1) is 16.1 Å². The minimum Gasteiger partial charge on any atom is -0.369 e. The van der Waals surface area contributed by atoms with E-state index in [0.29, 0.717) is 30.9 Å². The number of carbonyl (C=O) groups is 1. The monoisotopic (exact) mass is 446 g/mol. The van der Waals surface area contributed by atoms with Crippen LogP contribution in [0, 0.1) is 12.7 Å². The van der Waals surface area contributed by atoms with Crippen LogP contribution in [0.3, 0.4) is 0 Å². The third-order valence-corrected chi connectivity index (χ3v) is 5.96. The van der Waals surface area contributed by atoms with Crippen LogP contribution in [0.15, 0.2) is 72.4 Å². The number of aryl methyl sites for hydroxylation is 1. The molecule has 5 nitrogen and oxygen atoms in total. The lowest BCUT2D eigenvalue weighted by atomic mass is 10.1. The second kappa shape index (κ2) is 10.2. The number of anilines is 1. The number of pyridine rings is 2. The van der Waals surface area contributed by atoms with E-state index in [1.807, 2.05) is 31.2 Å². The van der Waals surface area contributed by atoms with Crippen LogP contribution in [0.1, 0.15) is 27.0 Å². The summed E-state index contributed by atoms with van der Waals surface area (Å²) >= 11 is 1.62. The van der Waals surface area contributed by atoms with Gasteiger partial charge in [-0.05, 0) is 71.8 Å². The first-order valence-electron chi connectivity index (χ1n) is 10.3. The molecule has 3 aromatic heterocycles. The van der Waals surface area contributed by atoms with Gasteiger partial charge in [-0.2, -0.15) is 0 Å². The number of thiophene rings is 1. The van der Waals surface area contributed by atoms with Crippen LogP contribution in [-0.4, -0.2) is 22.4 Å². The van der Waals surface area contributed by atoms with E-state index >= 15 is 0 Å². The summed E-state index contributed by atoms with van der Waals surface area (Å²) in [6.07, 6.45) is 4.03. The molecule has 0 saturated carbocycles. The summed E-state index contributed by atoms with van der Waals surface area (Å²) in [5, 5.41) is 8.28. The van der Waals surface area contributed by atoms with Crippen molar-refractivity contribution in [3.05, 3.63) is 100 Å². The number of rotatable bonds is 8. The SMILES string of the molecule is Cc1csc(-c2ccc(C(=O)NCc3cccnc3)c(NCCc3cccc(F)c3)n2)c1. The number of hydrogen-bond acceptors (Lipinski definition) is 5. The van der Waals surface area contributed by atoms with E-state index < -0.39 is 0 Å². The number of nitrogens with zero attached hydrogens (tertiary/aromatic N) is 2. The molecule has 0 radical (unpaired) electrons. The molecule has 0 unspecified atom stereocenters. The van der Waals surface area contributed by atoms with Gasteiger partial charge in [-0.25, -0.2) is 9.37 Å². The van der Waals surface area contributed by atoms with Crippen LogP contribution >= 0.6 is 11.3 Å². The molecule has 1 aromatic carbocycles. The highest BCUT2D eigenvalue weighted by Crippen LogP contribution is 2.28. The number of aromatic nitrogens is 2. The maximum atomic E-state index is 13.5. The van der Waals surface area contributed by atoms with E-state index in [1.165, 1.54) is 17.7 Å². The van der Waals surface area contributed by atoms with Gasteiger partial charge in [-0.1, -0.05) is 18.2 Å². The molecule has 0 saturated heterocycles. The molecule has 4 rings (SSSR count). The topological polar surface area (TPSA) is 66.9 Å². The zero-order valence-electron chi connectivity index (χ0n) is 17.6. The minimum atomic E-state index is -0.258. The van der Waals surface area contributed by atoms with Crippen molar-refractivity contribution >= 4 is 23.1 Å². The van der Waals surface area contributed by atoms with Gasteiger partial charge in [0, 0.05) is 25.5 Å². The van der Waals surface area contributed by atoms with Crippen LogP contribution in [0.25, 0.3) is 10.6 Å². The zero-order valence-corrected chi connectivity index (χ0v) is 18.5. The molecule has 0 spiro atoms. The third kappa shape index (κ3) is 5.56. The van der Waals surface area contributed by atoms with Gasteiger partial charge < -0.3 is 10.6 Å². The molecule has 0 atom stereocenters. The van der Waals surface area contributed by atoms with Gasteiger partial charge in [0.2, 0.25) is 0 Å². The molecule has 0 fully saturated rings. The summed E-state index contributed by atoms with van der Waals surface area (Å²) in [6, 6.07) is 16.0. The first kappa shape index (κ1) is 21.6. The molecule has 0 aliphatic carbocycles. The smallest absolute Gasteiger partial charge is 0.255 e. The summed E-state index contributed by atoms with van der Waals surface area (Å²) in [6.45, 7) is 2.94. The second-order valence-corrected chi connectivity index (χ2v) is 8.34. The first-order valence-corrected chi connectivity index (χ1v) is 11.2. The van der Waals surface area contributed by atoms with Crippen molar-refractivity contribution in [2.24, 2.45) is 0 Å². The van der Waals surface area contributed by atoms with Crippen molar-refractivity contribution < 1.29 is 9.18 Å². The van der Waals surface area contributed by atoms with E-state index in [0.717, 1.165) is 21.7 Å². The predicted molar refractivity (Wildman–Crippen MR) is 126 cm³/mol. The Morgan fingerprint density at radius 2 is 1.97 bits per heavy atom. The Balaban J connectivity index is 1.53. The lowest BCUT2D eigenvalue weighted by molar-refractivity contribution is 0.0951. The Morgan fingerprint density at radius 3 is 2.72 bits per heavy atom. The fourth-order valence-corrected chi connectivity index (χ4v) is 4.15. The highest BCUT2D eigenvalue weighted by Gasteiger charge is 2.15. The second-order valence-electron chi connectivity index (χ2n) is 7.43. The van der Waals surface area contributed by atoms with Gasteiger partial charge in [-0.3, -0.25) is 9.78 Å². The molecule has 32 heavy (non-hydrogen) atoms. The Labute approximate surface area is 190 Å². The maximum Gasteiger partial charge on any atom is 0.255 e. The number of benzene rings is 1. The van der Waals surface area contributed by atoms with Crippen LogP contribution in [0.5, 0.6) is 0 Å². The average Bonchev–Trinajstić information content (AvgIpc) is 3.24. The summed E-state index contributed by atoms with van der Waals surface area (Å²) in [5.74, 6) is 0.0308. The van der Waals surface area contributed by atoms with Crippen LogP contribution < -0.4 is 10.6 Å². The van der Waals surface area contributed by atoms with E-state index in [4.69, 9.17) is 4.98 Å². The summed E-state index contributed by atoms with van der Waals surface area (Å²) in [5.41, 5.74) is 4.24. The normalized spacial score (nSPS) is 10.7. The van der Waals surface area contributed by atoms with Crippen LogP contribution in [-0.2, 0) is 13.0 Å². The predicted octanol–water partition coefficient (Wildman–Crippen LogP) is 5.24. The minimum absolute atomic E-state index is 0.219. The lowest BCUT2D eigenvalue weighted by Crippen LogP contribution is -2.24. The molecule has 3 heterocycles.